The van der Waals surface area contributed by atoms with E-state index in [4.69, 9.17) is 4.98 Å². The Labute approximate surface area is 223 Å². The van der Waals surface area contributed by atoms with Crippen molar-refractivity contribution in [3.63, 3.8) is 0 Å². The number of aryl methyl sites for hydroxylation is 1. The maximum absolute atomic E-state index is 12.4. The van der Waals surface area contributed by atoms with E-state index >= 15 is 0 Å². The molecule has 6 aromatic rings. The molecule has 3 heteroatoms. The molecule has 1 aliphatic carbocycles. The van der Waals surface area contributed by atoms with Crippen LogP contribution in [-0.4, -0.2) is 18.3 Å². The van der Waals surface area contributed by atoms with Gasteiger partial charge in [-0.1, -0.05) is 109 Å². The predicted octanol–water partition coefficient (Wildman–Crippen LogP) is 9.08. The van der Waals surface area contributed by atoms with Gasteiger partial charge in [0.1, 0.15) is 7.14 Å². The summed E-state index contributed by atoms with van der Waals surface area (Å²) in [4.78, 5) is 5.32. The van der Waals surface area contributed by atoms with Gasteiger partial charge in [0.2, 0.25) is 0 Å². The van der Waals surface area contributed by atoms with E-state index in [1.807, 2.05) is 25.5 Å². The molecule has 0 unspecified atom stereocenters. The molecular weight excluding hydrogens is 481 g/mol. The summed E-state index contributed by atoms with van der Waals surface area (Å²) in [6, 6.07) is 34.5. The highest BCUT2D eigenvalue weighted by Gasteiger charge is 2.18. The van der Waals surface area contributed by atoms with E-state index in [1.54, 1.807) is 0 Å². The first-order valence-electron chi connectivity index (χ1n) is 13.2. The van der Waals surface area contributed by atoms with Crippen LogP contribution in [0, 0.1) is 0 Å². The van der Waals surface area contributed by atoms with E-state index in [0.717, 1.165) is 40.3 Å². The third-order valence-electron chi connectivity index (χ3n) is 7.83. The molecule has 0 spiro atoms. The Morgan fingerprint density at radius 2 is 1.32 bits per heavy atom. The maximum atomic E-state index is 12.4. The zero-order chi connectivity index (χ0) is 25.9. The quantitative estimate of drug-likeness (QED) is 0.135. The van der Waals surface area contributed by atoms with Gasteiger partial charge < -0.3 is 4.57 Å². The van der Waals surface area contributed by atoms with Gasteiger partial charge in [-0.05, 0) is 53.8 Å². The van der Waals surface area contributed by atoms with Gasteiger partial charge in [-0.15, -0.1) is 0 Å². The molecule has 7 rings (SSSR count). The van der Waals surface area contributed by atoms with Crippen molar-refractivity contribution in [1.29, 1.82) is 0 Å². The number of hydrogen-bond donors (Lipinski definition) is 0. The smallest absolute Gasteiger partial charge is 0.109 e. The van der Waals surface area contributed by atoms with Crippen LogP contribution < -0.4 is 5.30 Å². The van der Waals surface area contributed by atoms with E-state index in [2.05, 4.69) is 97.1 Å². The van der Waals surface area contributed by atoms with Crippen LogP contribution in [0.5, 0.6) is 0 Å². The summed E-state index contributed by atoms with van der Waals surface area (Å²) in [7, 11) is -2.26. The van der Waals surface area contributed by atoms with E-state index in [9.17, 15) is 4.57 Å². The van der Waals surface area contributed by atoms with Crippen LogP contribution in [0.3, 0.4) is 0 Å². The predicted molar refractivity (Wildman–Crippen MR) is 164 cm³/mol. The number of rotatable bonds is 3. The Hall–Kier alpha value is -4.00. The third-order valence-corrected chi connectivity index (χ3v) is 9.37. The van der Waals surface area contributed by atoms with Crippen molar-refractivity contribution in [3.8, 4) is 22.3 Å². The molecule has 38 heavy (non-hydrogen) atoms. The van der Waals surface area contributed by atoms with Crippen LogP contribution in [-0.2, 0) is 11.0 Å². The Kier molecular flexibility index (Phi) is 5.35. The van der Waals surface area contributed by atoms with Gasteiger partial charge in [0.15, 0.2) is 0 Å². The fourth-order valence-electron chi connectivity index (χ4n) is 5.80. The van der Waals surface area contributed by atoms with Crippen LogP contribution in [0.1, 0.15) is 17.5 Å². The van der Waals surface area contributed by atoms with Crippen LogP contribution in [0.15, 0.2) is 103 Å². The first-order valence-corrected chi connectivity index (χ1v) is 15.8. The second kappa shape index (κ2) is 8.79. The lowest BCUT2D eigenvalue weighted by atomic mass is 9.89. The highest BCUT2D eigenvalue weighted by atomic mass is 31.2. The van der Waals surface area contributed by atoms with Gasteiger partial charge in [-0.2, -0.15) is 0 Å². The van der Waals surface area contributed by atoms with Crippen LogP contribution in [0.25, 0.3) is 60.9 Å². The van der Waals surface area contributed by atoms with Crippen LogP contribution in [0.2, 0.25) is 0 Å². The Morgan fingerprint density at radius 1 is 0.658 bits per heavy atom. The van der Waals surface area contributed by atoms with Gasteiger partial charge in [-0.3, -0.25) is 0 Å². The largest absolute Gasteiger partial charge is 0.319 e. The highest BCUT2D eigenvalue weighted by molar-refractivity contribution is 7.70. The molecule has 0 bridgehead atoms. The fraction of sp³-hybridized carbons (Fsp3) is 0.114. The molecule has 0 radical (unpaired) electrons. The molecule has 0 aliphatic heterocycles. The molecule has 0 saturated carbocycles. The molecule has 2 nitrogen and oxygen atoms in total. The molecule has 0 N–H and O–H groups in total. The second-order valence-electron chi connectivity index (χ2n) is 10.6. The molecule has 1 aromatic heterocycles. The number of benzene rings is 5. The average Bonchev–Trinajstić information content (AvgIpc) is 2.95. The molecule has 1 aliphatic rings. The summed E-state index contributed by atoms with van der Waals surface area (Å²) in [5, 5.41) is 5.68. The minimum absolute atomic E-state index is 0.914. The van der Waals surface area contributed by atoms with Crippen molar-refractivity contribution in [1.82, 2.24) is 4.98 Å². The third kappa shape index (κ3) is 3.80. The minimum atomic E-state index is -2.26. The van der Waals surface area contributed by atoms with Gasteiger partial charge >= 0.3 is 0 Å². The Bertz CT molecular complexity index is 1940. The van der Waals surface area contributed by atoms with Gasteiger partial charge in [-0.25, -0.2) is 4.98 Å². The summed E-state index contributed by atoms with van der Waals surface area (Å²) < 4.78 is 12.4. The monoisotopic (exact) mass is 509 g/mol. The summed E-state index contributed by atoms with van der Waals surface area (Å²) >= 11 is 0. The number of hydrogen-bond acceptors (Lipinski definition) is 2. The maximum Gasteiger partial charge on any atom is 0.109 e. The number of aromatic nitrogens is 1. The average molecular weight is 510 g/mol. The Morgan fingerprint density at radius 3 is 2.08 bits per heavy atom. The lowest BCUT2D eigenvalue weighted by molar-refractivity contribution is 0.588. The Balaban J connectivity index is 1.45. The van der Waals surface area contributed by atoms with Gasteiger partial charge in [0.05, 0.1) is 11.0 Å². The molecule has 0 atom stereocenters. The topological polar surface area (TPSA) is 30.0 Å². The van der Waals surface area contributed by atoms with Crippen molar-refractivity contribution in [2.24, 2.45) is 0 Å². The highest BCUT2D eigenvalue weighted by Crippen LogP contribution is 2.41. The minimum Gasteiger partial charge on any atom is -0.319 e. The van der Waals surface area contributed by atoms with Crippen molar-refractivity contribution in [2.45, 2.75) is 12.8 Å². The number of fused-ring (bicyclic) bond motifs is 6. The number of nitrogens with zero attached hydrogens (tertiary/aromatic N) is 1. The van der Waals surface area contributed by atoms with Gasteiger partial charge in [0.25, 0.3) is 0 Å². The summed E-state index contributed by atoms with van der Waals surface area (Å²) in [5.74, 6) is 0. The SMILES string of the molecule is CP(C)(=O)c1ccc(-c2ccc(-c3c4ccc5c(c4nc4c3ccc3ccccc34)C=CCC5)cc2)cc1. The summed E-state index contributed by atoms with van der Waals surface area (Å²) in [6.45, 7) is 3.63. The molecule has 184 valence electrons. The molecule has 0 amide bonds. The zero-order valence-electron chi connectivity index (χ0n) is 21.6. The first kappa shape index (κ1) is 23.1. The summed E-state index contributed by atoms with van der Waals surface area (Å²) in [6.07, 6.45) is 6.67. The molecular formula is C35H28NOP. The van der Waals surface area contributed by atoms with E-state index in [1.165, 1.54) is 43.8 Å². The molecule has 5 aromatic carbocycles. The lowest BCUT2D eigenvalue weighted by Crippen LogP contribution is -2.01. The second-order valence-corrected chi connectivity index (χ2v) is 13.8. The molecule has 0 saturated heterocycles. The summed E-state index contributed by atoms with van der Waals surface area (Å²) in [5.41, 5.74) is 9.47. The van der Waals surface area contributed by atoms with Crippen molar-refractivity contribution >= 4 is 51.1 Å². The fourth-order valence-corrected chi connectivity index (χ4v) is 6.67. The van der Waals surface area contributed by atoms with E-state index in [0.29, 0.717) is 0 Å². The van der Waals surface area contributed by atoms with Crippen LogP contribution >= 0.6 is 7.14 Å². The van der Waals surface area contributed by atoms with Crippen LogP contribution in [0.4, 0.5) is 0 Å². The van der Waals surface area contributed by atoms with E-state index in [-0.39, 0.29) is 0 Å². The number of pyridine rings is 1. The standard InChI is InChI=1S/C35H28NOP/c1-38(2,37)28-19-15-24(16-20-28)23-11-13-27(14-12-23)33-31-21-17-25-7-3-5-9-29(25)34(31)36-35-30-10-6-4-8-26(30)18-22-32(33)35/h3,5-7,9-22H,4,8H2,1-2H3. The van der Waals surface area contributed by atoms with Crippen molar-refractivity contribution < 1.29 is 4.57 Å². The number of allylic oxidation sites excluding steroid dienone is 1. The molecule has 0 fully saturated rings. The van der Waals surface area contributed by atoms with Crippen molar-refractivity contribution in [2.75, 3.05) is 13.3 Å². The lowest BCUT2D eigenvalue weighted by Gasteiger charge is -2.18. The van der Waals surface area contributed by atoms with E-state index < -0.39 is 7.14 Å². The van der Waals surface area contributed by atoms with Gasteiger partial charge in [0, 0.05) is 32.6 Å². The van der Waals surface area contributed by atoms with Crippen molar-refractivity contribution in [3.05, 3.63) is 114 Å². The first-order chi connectivity index (χ1) is 18.5. The molecule has 1 heterocycles. The normalized spacial score (nSPS) is 13.3. The zero-order valence-corrected chi connectivity index (χ0v) is 22.5.